The third-order valence-electron chi connectivity index (χ3n) is 2.58. The first-order valence-electron chi connectivity index (χ1n) is 5.55. The van der Waals surface area contributed by atoms with Gasteiger partial charge in [-0.2, -0.15) is 0 Å². The first-order chi connectivity index (χ1) is 8.69. The summed E-state index contributed by atoms with van der Waals surface area (Å²) in [6.07, 6.45) is 0. The van der Waals surface area contributed by atoms with Crippen LogP contribution in [-0.4, -0.2) is 0 Å². The number of hydrogen-bond donors (Lipinski definition) is 1. The van der Waals surface area contributed by atoms with Gasteiger partial charge in [0, 0.05) is 11.6 Å². The van der Waals surface area contributed by atoms with Crippen LogP contribution in [0.3, 0.4) is 0 Å². The molecule has 0 fully saturated rings. The molecule has 94 valence electrons. The second-order valence-electron chi connectivity index (χ2n) is 3.86. The number of ether oxygens (including phenoxy) is 1. The molecule has 0 aromatic heterocycles. The van der Waals surface area contributed by atoms with E-state index in [0.717, 1.165) is 11.1 Å². The van der Waals surface area contributed by atoms with Crippen molar-refractivity contribution in [3.05, 3.63) is 64.4 Å². The maximum absolute atomic E-state index is 13.2. The van der Waals surface area contributed by atoms with Crippen molar-refractivity contribution >= 4 is 11.6 Å². The molecule has 0 aliphatic rings. The van der Waals surface area contributed by atoms with Gasteiger partial charge in [-0.05, 0) is 41.5 Å². The lowest BCUT2D eigenvalue weighted by Crippen LogP contribution is -2.05. The average Bonchev–Trinajstić information content (AvgIpc) is 2.37. The Hall–Kier alpha value is -1.58. The van der Waals surface area contributed by atoms with E-state index in [9.17, 15) is 4.39 Å². The Kier molecular flexibility index (Phi) is 4.18. The molecule has 0 heterocycles. The predicted molar refractivity (Wildman–Crippen MR) is 70.1 cm³/mol. The van der Waals surface area contributed by atoms with E-state index in [1.165, 1.54) is 12.1 Å². The molecule has 0 radical (unpaired) electrons. The Labute approximate surface area is 110 Å². The molecule has 0 unspecified atom stereocenters. The van der Waals surface area contributed by atoms with Crippen molar-refractivity contribution in [1.29, 1.82) is 0 Å². The standard InChI is InChI=1S/C14H13ClFNO/c15-12-2-1-3-14(7-12)18-9-11-6-13(16)5-4-10(11)8-17/h1-7H,8-9,17H2. The Morgan fingerprint density at radius 2 is 1.94 bits per heavy atom. The van der Waals surface area contributed by atoms with Crippen LogP contribution in [0.4, 0.5) is 4.39 Å². The molecule has 0 amide bonds. The maximum atomic E-state index is 13.2. The van der Waals surface area contributed by atoms with Crippen molar-refractivity contribution in [2.75, 3.05) is 0 Å². The fourth-order valence-electron chi connectivity index (χ4n) is 1.65. The number of rotatable bonds is 4. The summed E-state index contributed by atoms with van der Waals surface area (Å²) >= 11 is 5.85. The van der Waals surface area contributed by atoms with Crippen LogP contribution in [0.2, 0.25) is 5.02 Å². The number of hydrogen-bond acceptors (Lipinski definition) is 2. The molecule has 0 atom stereocenters. The van der Waals surface area contributed by atoms with E-state index < -0.39 is 0 Å². The molecule has 0 spiro atoms. The van der Waals surface area contributed by atoms with Crippen LogP contribution in [0.5, 0.6) is 5.75 Å². The highest BCUT2D eigenvalue weighted by atomic mass is 35.5. The van der Waals surface area contributed by atoms with Gasteiger partial charge in [-0.1, -0.05) is 23.7 Å². The highest BCUT2D eigenvalue weighted by Gasteiger charge is 2.04. The summed E-state index contributed by atoms with van der Waals surface area (Å²) in [5, 5.41) is 0.603. The molecule has 0 aliphatic carbocycles. The topological polar surface area (TPSA) is 35.2 Å². The highest BCUT2D eigenvalue weighted by molar-refractivity contribution is 6.30. The summed E-state index contributed by atoms with van der Waals surface area (Å²) in [4.78, 5) is 0. The lowest BCUT2D eigenvalue weighted by molar-refractivity contribution is 0.304. The zero-order valence-corrected chi connectivity index (χ0v) is 10.5. The molecule has 18 heavy (non-hydrogen) atoms. The first-order valence-corrected chi connectivity index (χ1v) is 5.92. The largest absolute Gasteiger partial charge is 0.489 e. The van der Waals surface area contributed by atoms with E-state index in [1.54, 1.807) is 30.3 Å². The van der Waals surface area contributed by atoms with Crippen LogP contribution in [-0.2, 0) is 13.2 Å². The molecule has 0 bridgehead atoms. The highest BCUT2D eigenvalue weighted by Crippen LogP contribution is 2.19. The van der Waals surface area contributed by atoms with Crippen molar-refractivity contribution in [1.82, 2.24) is 0 Å². The second-order valence-corrected chi connectivity index (χ2v) is 4.30. The van der Waals surface area contributed by atoms with Crippen molar-refractivity contribution in [2.45, 2.75) is 13.2 Å². The monoisotopic (exact) mass is 265 g/mol. The Morgan fingerprint density at radius 3 is 2.67 bits per heavy atom. The van der Waals surface area contributed by atoms with E-state index in [1.807, 2.05) is 0 Å². The van der Waals surface area contributed by atoms with E-state index in [2.05, 4.69) is 0 Å². The molecule has 2 aromatic carbocycles. The normalized spacial score (nSPS) is 10.4. The summed E-state index contributed by atoms with van der Waals surface area (Å²) in [6.45, 7) is 0.624. The third-order valence-corrected chi connectivity index (χ3v) is 2.81. The van der Waals surface area contributed by atoms with Crippen LogP contribution in [0.15, 0.2) is 42.5 Å². The summed E-state index contributed by atoms with van der Waals surface area (Å²) in [5.41, 5.74) is 7.22. The zero-order valence-electron chi connectivity index (χ0n) is 9.70. The molecule has 2 nitrogen and oxygen atoms in total. The third kappa shape index (κ3) is 3.22. The fraction of sp³-hybridized carbons (Fsp3) is 0.143. The van der Waals surface area contributed by atoms with Crippen LogP contribution >= 0.6 is 11.6 Å². The summed E-state index contributed by atoms with van der Waals surface area (Å²) in [6, 6.07) is 11.6. The van der Waals surface area contributed by atoms with Crippen LogP contribution in [0, 0.1) is 5.82 Å². The van der Waals surface area contributed by atoms with Crippen LogP contribution in [0.25, 0.3) is 0 Å². The van der Waals surface area contributed by atoms with Crippen LogP contribution in [0.1, 0.15) is 11.1 Å². The van der Waals surface area contributed by atoms with Gasteiger partial charge >= 0.3 is 0 Å². The number of nitrogens with two attached hydrogens (primary N) is 1. The molecular weight excluding hydrogens is 253 g/mol. The van der Waals surface area contributed by atoms with E-state index in [0.29, 0.717) is 17.3 Å². The van der Waals surface area contributed by atoms with Crippen molar-refractivity contribution < 1.29 is 9.13 Å². The number of halogens is 2. The Bertz CT molecular complexity index is 545. The molecule has 0 saturated carbocycles. The fourth-order valence-corrected chi connectivity index (χ4v) is 1.83. The second kappa shape index (κ2) is 5.85. The molecule has 4 heteroatoms. The Morgan fingerprint density at radius 1 is 1.11 bits per heavy atom. The van der Waals surface area contributed by atoms with Gasteiger partial charge in [-0.25, -0.2) is 4.39 Å². The summed E-state index contributed by atoms with van der Waals surface area (Å²) in [5.74, 6) is 0.353. The molecule has 2 aromatic rings. The minimum absolute atomic E-state index is 0.268. The summed E-state index contributed by atoms with van der Waals surface area (Å²) in [7, 11) is 0. The average molecular weight is 266 g/mol. The predicted octanol–water partition coefficient (Wildman–Crippen LogP) is 3.52. The van der Waals surface area contributed by atoms with Gasteiger partial charge in [-0.3, -0.25) is 0 Å². The lowest BCUT2D eigenvalue weighted by Gasteiger charge is -2.10. The molecule has 0 aliphatic heterocycles. The maximum Gasteiger partial charge on any atom is 0.123 e. The molecular formula is C14H13ClFNO. The number of benzene rings is 2. The van der Waals surface area contributed by atoms with Gasteiger partial charge in [0.2, 0.25) is 0 Å². The minimum Gasteiger partial charge on any atom is -0.489 e. The summed E-state index contributed by atoms with van der Waals surface area (Å²) < 4.78 is 18.7. The quantitative estimate of drug-likeness (QED) is 0.918. The van der Waals surface area contributed by atoms with Gasteiger partial charge in [0.05, 0.1) is 0 Å². The zero-order chi connectivity index (χ0) is 13.0. The van der Waals surface area contributed by atoms with Crippen LogP contribution < -0.4 is 10.5 Å². The van der Waals surface area contributed by atoms with Crippen molar-refractivity contribution in [2.24, 2.45) is 5.73 Å². The van der Waals surface area contributed by atoms with E-state index in [4.69, 9.17) is 22.1 Å². The van der Waals surface area contributed by atoms with Crippen molar-refractivity contribution in [3.8, 4) is 5.75 Å². The van der Waals surface area contributed by atoms with Gasteiger partial charge in [0.15, 0.2) is 0 Å². The van der Waals surface area contributed by atoms with E-state index in [-0.39, 0.29) is 12.4 Å². The Balaban J connectivity index is 2.12. The molecule has 2 N–H and O–H groups in total. The van der Waals surface area contributed by atoms with Gasteiger partial charge in [0.1, 0.15) is 18.2 Å². The molecule has 0 saturated heterocycles. The first kappa shape index (κ1) is 12.9. The van der Waals surface area contributed by atoms with Gasteiger partial charge in [-0.15, -0.1) is 0 Å². The van der Waals surface area contributed by atoms with Gasteiger partial charge in [0.25, 0.3) is 0 Å². The van der Waals surface area contributed by atoms with Gasteiger partial charge < -0.3 is 10.5 Å². The molecule has 2 rings (SSSR count). The lowest BCUT2D eigenvalue weighted by atomic mass is 10.1. The smallest absolute Gasteiger partial charge is 0.123 e. The SMILES string of the molecule is NCc1ccc(F)cc1COc1cccc(Cl)c1. The minimum atomic E-state index is -0.295. The van der Waals surface area contributed by atoms with Crippen molar-refractivity contribution in [3.63, 3.8) is 0 Å². The van der Waals surface area contributed by atoms with E-state index >= 15 is 0 Å².